The highest BCUT2D eigenvalue weighted by molar-refractivity contribution is 14.0. The molecule has 0 spiro atoms. The van der Waals surface area contributed by atoms with E-state index in [0.29, 0.717) is 5.96 Å². The zero-order valence-electron chi connectivity index (χ0n) is 17.2. The molecule has 0 aliphatic rings. The first-order chi connectivity index (χ1) is 12.2. The average molecular weight is 510 g/mol. The Bertz CT molecular complexity index is 664. The first kappa shape index (κ1) is 26.0. The summed E-state index contributed by atoms with van der Waals surface area (Å²) < 4.78 is 22.7. The fraction of sp³-hybridized carbons (Fsp3) is 0.632. The lowest BCUT2D eigenvalue weighted by molar-refractivity contribution is 0.554. The number of nitrogens with one attached hydrogen (secondary N) is 2. The number of aliphatic imine (C=N–C) groups is 1. The molecule has 6 nitrogen and oxygen atoms in total. The van der Waals surface area contributed by atoms with Gasteiger partial charge in [-0.05, 0) is 46.2 Å². The number of hydrogen-bond acceptors (Lipinski definition) is 4. The molecule has 0 aliphatic carbocycles. The van der Waals surface area contributed by atoms with E-state index in [1.165, 1.54) is 11.9 Å². The third-order valence-corrected chi connectivity index (χ3v) is 6.50. The number of halogens is 1. The monoisotopic (exact) mass is 510 g/mol. The van der Waals surface area contributed by atoms with Crippen LogP contribution in [-0.2, 0) is 9.84 Å². The molecule has 1 aromatic rings. The topological polar surface area (TPSA) is 73.8 Å². The van der Waals surface area contributed by atoms with Crippen LogP contribution in [0.25, 0.3) is 0 Å². The van der Waals surface area contributed by atoms with Crippen LogP contribution in [0.4, 0.5) is 5.69 Å². The standard InChI is InChI=1S/C19H34N4O2S.HI/c1-6-20-18(22-16-19(3,4)26(5,24)25)21-14-11-15-23(7-2)17-12-9-8-10-13-17;/h8-10,12-13H,6-7,11,14-16H2,1-5H3,(H2,20,21,22);1H. The smallest absolute Gasteiger partial charge is 0.191 e. The second-order valence-electron chi connectivity index (χ2n) is 6.92. The quantitative estimate of drug-likeness (QED) is 0.219. The number of nitrogens with zero attached hydrogens (tertiary/aromatic N) is 2. The minimum Gasteiger partial charge on any atom is -0.372 e. The van der Waals surface area contributed by atoms with E-state index in [4.69, 9.17) is 0 Å². The number of guanidine groups is 1. The fourth-order valence-corrected chi connectivity index (χ4v) is 2.61. The van der Waals surface area contributed by atoms with Crippen molar-refractivity contribution in [3.05, 3.63) is 30.3 Å². The van der Waals surface area contributed by atoms with Crippen LogP contribution in [0.2, 0.25) is 0 Å². The van der Waals surface area contributed by atoms with E-state index in [2.05, 4.69) is 51.7 Å². The molecule has 0 saturated heterocycles. The maximum atomic E-state index is 11.8. The van der Waals surface area contributed by atoms with Crippen LogP contribution in [0.15, 0.2) is 35.3 Å². The largest absolute Gasteiger partial charge is 0.372 e. The Morgan fingerprint density at radius 3 is 2.30 bits per heavy atom. The average Bonchev–Trinajstić information content (AvgIpc) is 2.59. The Labute approximate surface area is 182 Å². The molecule has 0 heterocycles. The fourth-order valence-electron chi connectivity index (χ4n) is 2.31. The maximum absolute atomic E-state index is 11.8. The predicted octanol–water partition coefficient (Wildman–Crippen LogP) is 2.90. The van der Waals surface area contributed by atoms with Gasteiger partial charge in [-0.1, -0.05) is 18.2 Å². The Morgan fingerprint density at radius 2 is 1.78 bits per heavy atom. The molecule has 0 atom stereocenters. The van der Waals surface area contributed by atoms with Crippen LogP contribution < -0.4 is 15.5 Å². The van der Waals surface area contributed by atoms with Gasteiger partial charge in [0, 0.05) is 38.1 Å². The minimum absolute atomic E-state index is 0. The van der Waals surface area contributed by atoms with Gasteiger partial charge in [-0.25, -0.2) is 8.42 Å². The normalized spacial score (nSPS) is 12.3. The summed E-state index contributed by atoms with van der Waals surface area (Å²) >= 11 is 0. The number of sulfone groups is 1. The molecular formula is C19H35IN4O2S. The van der Waals surface area contributed by atoms with E-state index in [9.17, 15) is 8.42 Å². The summed E-state index contributed by atoms with van der Waals surface area (Å²) in [4.78, 5) is 6.78. The van der Waals surface area contributed by atoms with Crippen molar-refractivity contribution in [3.63, 3.8) is 0 Å². The van der Waals surface area contributed by atoms with Gasteiger partial charge in [0.2, 0.25) is 0 Å². The summed E-state index contributed by atoms with van der Waals surface area (Å²) in [6.07, 6.45) is 2.22. The van der Waals surface area contributed by atoms with Gasteiger partial charge in [-0.2, -0.15) is 0 Å². The van der Waals surface area contributed by atoms with Crippen molar-refractivity contribution >= 4 is 45.5 Å². The van der Waals surface area contributed by atoms with E-state index in [0.717, 1.165) is 32.6 Å². The van der Waals surface area contributed by atoms with Crippen LogP contribution in [0, 0.1) is 0 Å². The second-order valence-corrected chi connectivity index (χ2v) is 9.57. The van der Waals surface area contributed by atoms with Crippen molar-refractivity contribution in [3.8, 4) is 0 Å². The third-order valence-electron chi connectivity index (χ3n) is 4.37. The van der Waals surface area contributed by atoms with Crippen LogP contribution in [0.5, 0.6) is 0 Å². The summed E-state index contributed by atoms with van der Waals surface area (Å²) in [5, 5.41) is 6.46. The molecule has 0 unspecified atom stereocenters. The Kier molecular flexibility index (Phi) is 12.0. The number of para-hydroxylation sites is 1. The van der Waals surface area contributed by atoms with Gasteiger partial charge >= 0.3 is 0 Å². The minimum atomic E-state index is -3.15. The summed E-state index contributed by atoms with van der Waals surface area (Å²) in [7, 11) is -3.15. The van der Waals surface area contributed by atoms with Gasteiger partial charge in [0.25, 0.3) is 0 Å². The van der Waals surface area contributed by atoms with E-state index in [-0.39, 0.29) is 30.5 Å². The molecule has 0 fully saturated rings. The molecule has 0 radical (unpaired) electrons. The van der Waals surface area contributed by atoms with E-state index >= 15 is 0 Å². The Balaban J connectivity index is 0.00000676. The van der Waals surface area contributed by atoms with Gasteiger partial charge in [0.1, 0.15) is 0 Å². The van der Waals surface area contributed by atoms with Gasteiger partial charge in [-0.3, -0.25) is 4.99 Å². The molecule has 0 aromatic heterocycles. The van der Waals surface area contributed by atoms with Crippen LogP contribution in [0.1, 0.15) is 34.1 Å². The highest BCUT2D eigenvalue weighted by Gasteiger charge is 2.29. The van der Waals surface area contributed by atoms with Crippen molar-refractivity contribution in [2.24, 2.45) is 4.99 Å². The maximum Gasteiger partial charge on any atom is 0.191 e. The van der Waals surface area contributed by atoms with Crippen molar-refractivity contribution in [1.82, 2.24) is 10.6 Å². The first-order valence-electron chi connectivity index (χ1n) is 9.23. The van der Waals surface area contributed by atoms with Crippen LogP contribution in [0.3, 0.4) is 0 Å². The third kappa shape index (κ3) is 9.14. The molecule has 27 heavy (non-hydrogen) atoms. The van der Waals surface area contributed by atoms with Crippen molar-refractivity contribution in [2.75, 3.05) is 43.9 Å². The van der Waals surface area contributed by atoms with Gasteiger partial charge in [0.05, 0.1) is 11.3 Å². The molecular weight excluding hydrogens is 475 g/mol. The first-order valence-corrected chi connectivity index (χ1v) is 11.1. The lowest BCUT2D eigenvalue weighted by Crippen LogP contribution is -2.41. The zero-order valence-corrected chi connectivity index (χ0v) is 20.3. The lowest BCUT2D eigenvalue weighted by Gasteiger charge is -2.23. The molecule has 0 saturated carbocycles. The van der Waals surface area contributed by atoms with Crippen molar-refractivity contribution in [1.29, 1.82) is 0 Å². The number of anilines is 1. The molecule has 2 N–H and O–H groups in total. The molecule has 1 rings (SSSR count). The number of benzene rings is 1. The van der Waals surface area contributed by atoms with E-state index < -0.39 is 14.6 Å². The van der Waals surface area contributed by atoms with Crippen molar-refractivity contribution < 1.29 is 8.42 Å². The molecule has 156 valence electrons. The summed E-state index contributed by atoms with van der Waals surface area (Å²) in [5.41, 5.74) is 1.23. The second kappa shape index (κ2) is 12.4. The lowest BCUT2D eigenvalue weighted by atomic mass is 10.2. The predicted molar refractivity (Wildman–Crippen MR) is 127 cm³/mol. The SMILES string of the molecule is CCNC(=NCC(C)(C)S(C)(=O)=O)NCCCN(CC)c1ccccc1.I. The van der Waals surface area contributed by atoms with Gasteiger partial charge in [-0.15, -0.1) is 24.0 Å². The molecule has 0 bridgehead atoms. The summed E-state index contributed by atoms with van der Waals surface area (Å²) in [6.45, 7) is 11.2. The summed E-state index contributed by atoms with van der Waals surface area (Å²) in [6, 6.07) is 10.4. The highest BCUT2D eigenvalue weighted by atomic mass is 127. The number of hydrogen-bond donors (Lipinski definition) is 2. The molecule has 8 heteroatoms. The van der Waals surface area contributed by atoms with Crippen molar-refractivity contribution in [2.45, 2.75) is 38.9 Å². The number of rotatable bonds is 10. The van der Waals surface area contributed by atoms with Crippen LogP contribution >= 0.6 is 24.0 Å². The Morgan fingerprint density at radius 1 is 1.15 bits per heavy atom. The van der Waals surface area contributed by atoms with Crippen LogP contribution in [-0.4, -0.2) is 58.1 Å². The summed E-state index contributed by atoms with van der Waals surface area (Å²) in [5.74, 6) is 0.659. The Hall–Kier alpha value is -1.03. The van der Waals surface area contributed by atoms with E-state index in [1.54, 1.807) is 13.8 Å². The van der Waals surface area contributed by atoms with E-state index in [1.807, 2.05) is 13.0 Å². The molecule has 1 aromatic carbocycles. The highest BCUT2D eigenvalue weighted by Crippen LogP contribution is 2.15. The van der Waals surface area contributed by atoms with Gasteiger partial charge < -0.3 is 15.5 Å². The van der Waals surface area contributed by atoms with Gasteiger partial charge in [0.15, 0.2) is 15.8 Å². The zero-order chi connectivity index (χ0) is 19.6. The molecule has 0 aliphatic heterocycles. The molecule has 0 amide bonds.